The van der Waals surface area contributed by atoms with Crippen LogP contribution in [0.25, 0.3) is 0 Å². The zero-order valence-corrected chi connectivity index (χ0v) is 14.4. The molecule has 0 aliphatic heterocycles. The van der Waals surface area contributed by atoms with Crippen LogP contribution in [0.4, 0.5) is 0 Å². The maximum absolute atomic E-state index is 11.5. The molecule has 0 fully saturated rings. The van der Waals surface area contributed by atoms with Crippen molar-refractivity contribution in [2.24, 2.45) is 5.73 Å². The van der Waals surface area contributed by atoms with Crippen molar-refractivity contribution >= 4 is 33.6 Å². The first-order chi connectivity index (χ1) is 9.48. The summed E-state index contributed by atoms with van der Waals surface area (Å²) in [7, 11) is 0. The Bertz CT molecular complexity index is 427. The topological polar surface area (TPSA) is 68.0 Å². The standard InChI is InChI=1S/C14H22BrN3OS/c1-3-18-14(2,13(16)19)8-4-5-9-20-12-7-6-11(15)10-17-12/h6-7,10,18H,3-5,8-9H2,1-2H3,(H2,16,19). The molecule has 0 spiro atoms. The number of likely N-dealkylation sites (N-methyl/N-ethyl adjacent to an activating group) is 1. The molecule has 0 saturated carbocycles. The number of nitrogens with zero attached hydrogens (tertiary/aromatic N) is 1. The molecule has 6 heteroatoms. The Labute approximate surface area is 133 Å². The molecule has 0 bridgehead atoms. The van der Waals surface area contributed by atoms with E-state index in [1.54, 1.807) is 18.0 Å². The fraction of sp³-hybridized carbons (Fsp3) is 0.571. The van der Waals surface area contributed by atoms with Crippen LogP contribution in [0.2, 0.25) is 0 Å². The molecule has 0 radical (unpaired) electrons. The first-order valence-corrected chi connectivity index (χ1v) is 8.55. The van der Waals surface area contributed by atoms with Crippen molar-refractivity contribution < 1.29 is 4.79 Å². The molecule has 1 rings (SSSR count). The van der Waals surface area contributed by atoms with E-state index in [0.29, 0.717) is 0 Å². The SMILES string of the molecule is CCNC(C)(CCCCSc1ccc(Br)cn1)C(N)=O. The van der Waals surface area contributed by atoms with Gasteiger partial charge in [-0.15, -0.1) is 11.8 Å². The predicted molar refractivity (Wildman–Crippen MR) is 87.8 cm³/mol. The number of halogens is 1. The average molecular weight is 360 g/mol. The van der Waals surface area contributed by atoms with Gasteiger partial charge in [-0.1, -0.05) is 13.3 Å². The average Bonchev–Trinajstić information content (AvgIpc) is 2.40. The lowest BCUT2D eigenvalue weighted by Crippen LogP contribution is -2.52. The predicted octanol–water partition coefficient (Wildman–Crippen LogP) is 2.96. The lowest BCUT2D eigenvalue weighted by atomic mass is 9.94. The molecule has 0 saturated heterocycles. The second-order valence-corrected chi connectivity index (χ2v) is 6.88. The van der Waals surface area contributed by atoms with Crippen LogP contribution < -0.4 is 11.1 Å². The minimum absolute atomic E-state index is 0.276. The summed E-state index contributed by atoms with van der Waals surface area (Å²) in [6.45, 7) is 4.61. The third kappa shape index (κ3) is 5.81. The first kappa shape index (κ1) is 17.5. The van der Waals surface area contributed by atoms with E-state index in [-0.39, 0.29) is 5.91 Å². The highest BCUT2D eigenvalue weighted by Crippen LogP contribution is 2.20. The van der Waals surface area contributed by atoms with Gasteiger partial charge in [-0.25, -0.2) is 4.98 Å². The van der Waals surface area contributed by atoms with Gasteiger partial charge in [0, 0.05) is 10.7 Å². The highest BCUT2D eigenvalue weighted by molar-refractivity contribution is 9.10. The summed E-state index contributed by atoms with van der Waals surface area (Å²) in [5.41, 5.74) is 4.87. The van der Waals surface area contributed by atoms with E-state index in [4.69, 9.17) is 5.73 Å². The summed E-state index contributed by atoms with van der Waals surface area (Å²) in [5, 5.41) is 4.20. The largest absolute Gasteiger partial charge is 0.368 e. The van der Waals surface area contributed by atoms with Crippen molar-refractivity contribution in [1.29, 1.82) is 0 Å². The van der Waals surface area contributed by atoms with E-state index in [1.165, 1.54) is 0 Å². The Morgan fingerprint density at radius 3 is 2.80 bits per heavy atom. The van der Waals surface area contributed by atoms with Crippen molar-refractivity contribution in [3.05, 3.63) is 22.8 Å². The highest BCUT2D eigenvalue weighted by atomic mass is 79.9. The Kier molecular flexibility index (Phi) is 7.55. The molecule has 1 aromatic rings. The van der Waals surface area contributed by atoms with Gasteiger partial charge >= 0.3 is 0 Å². The summed E-state index contributed by atoms with van der Waals surface area (Å²) in [4.78, 5) is 15.8. The van der Waals surface area contributed by atoms with Crippen LogP contribution in [-0.2, 0) is 4.79 Å². The molecule has 0 aliphatic rings. The molecule has 1 atom stereocenters. The minimum Gasteiger partial charge on any atom is -0.368 e. The highest BCUT2D eigenvalue weighted by Gasteiger charge is 2.28. The summed E-state index contributed by atoms with van der Waals surface area (Å²) < 4.78 is 0.990. The molecule has 3 N–H and O–H groups in total. The van der Waals surface area contributed by atoms with E-state index in [0.717, 1.165) is 41.1 Å². The van der Waals surface area contributed by atoms with Crippen LogP contribution >= 0.6 is 27.7 Å². The molecule has 1 heterocycles. The van der Waals surface area contributed by atoms with E-state index >= 15 is 0 Å². The van der Waals surface area contributed by atoms with Crippen LogP contribution in [0.15, 0.2) is 27.8 Å². The number of aromatic nitrogens is 1. The Morgan fingerprint density at radius 2 is 2.25 bits per heavy atom. The van der Waals surface area contributed by atoms with Crippen molar-refractivity contribution in [2.45, 2.75) is 43.7 Å². The molecular weight excluding hydrogens is 338 g/mol. The Hall–Kier alpha value is -0.590. The van der Waals surface area contributed by atoms with Gasteiger partial charge in [0.1, 0.15) is 0 Å². The lowest BCUT2D eigenvalue weighted by Gasteiger charge is -2.26. The maximum atomic E-state index is 11.5. The Morgan fingerprint density at radius 1 is 1.50 bits per heavy atom. The number of pyridine rings is 1. The van der Waals surface area contributed by atoms with Gasteiger partial charge in [-0.3, -0.25) is 4.79 Å². The normalized spacial score (nSPS) is 13.9. The van der Waals surface area contributed by atoms with Gasteiger partial charge in [-0.2, -0.15) is 0 Å². The van der Waals surface area contributed by atoms with Gasteiger partial charge in [0.25, 0.3) is 0 Å². The maximum Gasteiger partial charge on any atom is 0.237 e. The smallest absolute Gasteiger partial charge is 0.237 e. The van der Waals surface area contributed by atoms with Crippen molar-refractivity contribution in [3.8, 4) is 0 Å². The monoisotopic (exact) mass is 359 g/mol. The number of unbranched alkanes of at least 4 members (excludes halogenated alkanes) is 1. The number of rotatable bonds is 9. The summed E-state index contributed by atoms with van der Waals surface area (Å²) >= 11 is 5.10. The van der Waals surface area contributed by atoms with Crippen molar-refractivity contribution in [2.75, 3.05) is 12.3 Å². The molecular formula is C14H22BrN3OS. The molecule has 0 aliphatic carbocycles. The molecule has 112 valence electrons. The number of hydrogen-bond acceptors (Lipinski definition) is 4. The third-order valence-electron chi connectivity index (χ3n) is 3.13. The molecule has 1 unspecified atom stereocenters. The van der Waals surface area contributed by atoms with Crippen LogP contribution in [-0.4, -0.2) is 28.7 Å². The first-order valence-electron chi connectivity index (χ1n) is 6.77. The molecule has 0 aromatic carbocycles. The quantitative estimate of drug-likeness (QED) is 0.525. The van der Waals surface area contributed by atoms with Gasteiger partial charge < -0.3 is 11.1 Å². The number of nitrogens with one attached hydrogen (secondary N) is 1. The van der Waals surface area contributed by atoms with E-state index in [1.807, 2.05) is 26.0 Å². The zero-order valence-electron chi connectivity index (χ0n) is 12.0. The molecule has 1 aromatic heterocycles. The molecule has 4 nitrogen and oxygen atoms in total. The fourth-order valence-electron chi connectivity index (χ4n) is 1.89. The van der Waals surface area contributed by atoms with Crippen molar-refractivity contribution in [3.63, 3.8) is 0 Å². The fourth-order valence-corrected chi connectivity index (χ4v) is 2.98. The van der Waals surface area contributed by atoms with Gasteiger partial charge in [0.05, 0.1) is 10.6 Å². The van der Waals surface area contributed by atoms with Crippen molar-refractivity contribution in [1.82, 2.24) is 10.3 Å². The molecule has 1 amide bonds. The second-order valence-electron chi connectivity index (χ2n) is 4.85. The number of hydrogen-bond donors (Lipinski definition) is 2. The number of primary amides is 1. The minimum atomic E-state index is -0.588. The van der Waals surface area contributed by atoms with E-state index < -0.39 is 5.54 Å². The van der Waals surface area contributed by atoms with Gasteiger partial charge in [-0.05, 0) is 60.1 Å². The van der Waals surface area contributed by atoms with Crippen LogP contribution in [0.3, 0.4) is 0 Å². The van der Waals surface area contributed by atoms with Crippen LogP contribution in [0.5, 0.6) is 0 Å². The van der Waals surface area contributed by atoms with E-state index in [2.05, 4.69) is 26.2 Å². The zero-order chi connectivity index (χ0) is 15.0. The molecule has 20 heavy (non-hydrogen) atoms. The van der Waals surface area contributed by atoms with Gasteiger partial charge in [0.15, 0.2) is 0 Å². The Balaban J connectivity index is 2.27. The summed E-state index contributed by atoms with van der Waals surface area (Å²) in [5.74, 6) is 0.719. The van der Waals surface area contributed by atoms with Crippen LogP contribution in [0.1, 0.15) is 33.1 Å². The van der Waals surface area contributed by atoms with Crippen LogP contribution in [0, 0.1) is 0 Å². The van der Waals surface area contributed by atoms with Gasteiger partial charge in [0.2, 0.25) is 5.91 Å². The second kappa shape index (κ2) is 8.64. The number of nitrogens with two attached hydrogens (primary N) is 1. The summed E-state index contributed by atoms with van der Waals surface area (Å²) in [6, 6.07) is 3.99. The summed E-state index contributed by atoms with van der Waals surface area (Å²) in [6.07, 6.45) is 4.58. The lowest BCUT2D eigenvalue weighted by molar-refractivity contribution is -0.124. The van der Waals surface area contributed by atoms with E-state index in [9.17, 15) is 4.79 Å². The third-order valence-corrected chi connectivity index (χ3v) is 4.63. The number of thioether (sulfide) groups is 1. The number of carbonyl (C=O) groups excluding carboxylic acids is 1. The number of amides is 1. The number of carbonyl (C=O) groups is 1.